The van der Waals surface area contributed by atoms with Crippen molar-refractivity contribution in [1.29, 1.82) is 0 Å². The molecule has 0 bridgehead atoms. The number of hydrogen-bond donors (Lipinski definition) is 2. The molecule has 25 heavy (non-hydrogen) atoms. The van der Waals surface area contributed by atoms with Gasteiger partial charge in [0.25, 0.3) is 0 Å². The van der Waals surface area contributed by atoms with Crippen molar-refractivity contribution in [2.45, 2.75) is 0 Å². The largest absolute Gasteiger partial charge is 0.335 e. The molecule has 7 heteroatoms. The summed E-state index contributed by atoms with van der Waals surface area (Å²) in [7, 11) is 0. The van der Waals surface area contributed by atoms with E-state index in [1.165, 1.54) is 10.8 Å². The van der Waals surface area contributed by atoms with Crippen LogP contribution in [0.1, 0.15) is 0 Å². The Morgan fingerprint density at radius 3 is 1.52 bits per heavy atom. The quantitative estimate of drug-likeness (QED) is 0.406. The second-order valence-electron chi connectivity index (χ2n) is 5.92. The molecule has 0 atom stereocenters. The number of nitrogens with zero attached hydrogens (tertiary/aromatic N) is 4. The Balaban J connectivity index is 1.73. The molecular formula is C18H10N6O. The maximum absolute atomic E-state index is 4.72. The van der Waals surface area contributed by atoms with Crippen LogP contribution in [0.2, 0.25) is 0 Å². The molecule has 0 radical (unpaired) electrons. The van der Waals surface area contributed by atoms with Gasteiger partial charge in [0.1, 0.15) is 0 Å². The summed E-state index contributed by atoms with van der Waals surface area (Å²) in [6.45, 7) is 0. The van der Waals surface area contributed by atoms with Gasteiger partial charge in [-0.1, -0.05) is 48.5 Å². The molecule has 3 aromatic carbocycles. The third kappa shape index (κ3) is 1.64. The average molecular weight is 326 g/mol. The zero-order valence-electron chi connectivity index (χ0n) is 12.8. The fourth-order valence-electron chi connectivity index (χ4n) is 3.45. The summed E-state index contributed by atoms with van der Waals surface area (Å²) < 4.78 is 4.72. The lowest BCUT2D eigenvalue weighted by molar-refractivity contribution is 0.314. The van der Waals surface area contributed by atoms with Gasteiger partial charge in [0.05, 0.1) is 11.4 Å². The van der Waals surface area contributed by atoms with Gasteiger partial charge < -0.3 is 10.6 Å². The van der Waals surface area contributed by atoms with Crippen molar-refractivity contribution in [3.63, 3.8) is 0 Å². The van der Waals surface area contributed by atoms with Crippen LogP contribution in [0.5, 0.6) is 0 Å². The van der Waals surface area contributed by atoms with E-state index in [2.05, 4.69) is 67.3 Å². The molecule has 1 aliphatic rings. The molecule has 6 rings (SSSR count). The molecule has 0 saturated heterocycles. The Morgan fingerprint density at radius 2 is 1.04 bits per heavy atom. The maximum atomic E-state index is 4.72. The third-order valence-corrected chi connectivity index (χ3v) is 4.53. The number of hydrogen-bond acceptors (Lipinski definition) is 7. The molecule has 0 aliphatic carbocycles. The van der Waals surface area contributed by atoms with Gasteiger partial charge in [0, 0.05) is 10.8 Å². The van der Waals surface area contributed by atoms with Gasteiger partial charge in [-0.2, -0.15) is 0 Å². The van der Waals surface area contributed by atoms with Gasteiger partial charge in [-0.3, -0.25) is 0 Å². The van der Waals surface area contributed by atoms with Crippen molar-refractivity contribution >= 4 is 55.8 Å². The molecule has 7 nitrogen and oxygen atoms in total. The average Bonchev–Trinajstić information content (AvgIpc) is 3.12. The molecule has 2 N–H and O–H groups in total. The van der Waals surface area contributed by atoms with Gasteiger partial charge in [-0.25, -0.2) is 14.6 Å². The number of anilines is 4. The van der Waals surface area contributed by atoms with Gasteiger partial charge in [-0.05, 0) is 21.1 Å². The molecule has 118 valence electrons. The minimum Gasteiger partial charge on any atom is -0.335 e. The molecule has 0 unspecified atom stereocenters. The van der Waals surface area contributed by atoms with E-state index in [-0.39, 0.29) is 0 Å². The number of fused-ring (bicyclic) bond motifs is 8. The Morgan fingerprint density at radius 1 is 0.600 bits per heavy atom. The lowest BCUT2D eigenvalue weighted by Crippen LogP contribution is -2.11. The highest BCUT2D eigenvalue weighted by molar-refractivity contribution is 6.22. The van der Waals surface area contributed by atoms with E-state index >= 15 is 0 Å². The van der Waals surface area contributed by atoms with E-state index in [9.17, 15) is 0 Å². The fourth-order valence-corrected chi connectivity index (χ4v) is 3.45. The lowest BCUT2D eigenvalue weighted by Gasteiger charge is -2.24. The van der Waals surface area contributed by atoms with Crippen LogP contribution in [0.4, 0.5) is 23.0 Å². The molecule has 1 aliphatic heterocycles. The predicted molar refractivity (Wildman–Crippen MR) is 95.4 cm³/mol. The first kappa shape index (κ1) is 12.7. The van der Waals surface area contributed by atoms with E-state index in [4.69, 9.17) is 4.63 Å². The summed E-state index contributed by atoms with van der Waals surface area (Å²) in [6.07, 6.45) is 0. The van der Waals surface area contributed by atoms with Crippen LogP contribution in [-0.4, -0.2) is 20.3 Å². The topological polar surface area (TPSA) is 88.8 Å². The van der Waals surface area contributed by atoms with Crippen LogP contribution in [0.15, 0.2) is 53.2 Å². The molecule has 2 aromatic heterocycles. The third-order valence-electron chi connectivity index (χ3n) is 4.53. The van der Waals surface area contributed by atoms with Crippen LogP contribution < -0.4 is 10.6 Å². The van der Waals surface area contributed by atoms with Gasteiger partial charge >= 0.3 is 0 Å². The number of nitrogens with one attached hydrogen (secondary N) is 2. The van der Waals surface area contributed by atoms with Crippen molar-refractivity contribution in [1.82, 2.24) is 20.3 Å². The molecule has 5 aromatic rings. The second-order valence-corrected chi connectivity index (χ2v) is 5.92. The van der Waals surface area contributed by atoms with E-state index in [0.29, 0.717) is 22.9 Å². The van der Waals surface area contributed by atoms with Crippen molar-refractivity contribution in [3.05, 3.63) is 48.5 Å². The summed E-state index contributed by atoms with van der Waals surface area (Å²) >= 11 is 0. The van der Waals surface area contributed by atoms with Crippen LogP contribution in [0, 0.1) is 0 Å². The summed E-state index contributed by atoms with van der Waals surface area (Å²) in [5, 5.41) is 19.0. The normalized spacial score (nSPS) is 12.6. The summed E-state index contributed by atoms with van der Waals surface area (Å²) in [6, 6.07) is 16.6. The number of aromatic nitrogens is 4. The van der Waals surface area contributed by atoms with Crippen molar-refractivity contribution < 1.29 is 4.63 Å². The minimum absolute atomic E-state index is 0.376. The molecule has 3 heterocycles. The number of rotatable bonds is 0. The summed E-state index contributed by atoms with van der Waals surface area (Å²) in [5.74, 6) is 1.22. The summed E-state index contributed by atoms with van der Waals surface area (Å²) in [5.41, 5.74) is 2.71. The van der Waals surface area contributed by atoms with Gasteiger partial charge in [0.2, 0.25) is 11.3 Å². The molecule has 0 amide bonds. The SMILES string of the molecule is c1ccc2c(c1)c1c(c3ccccc32)Nc2nc3nonc3nc2N1. The van der Waals surface area contributed by atoms with Crippen molar-refractivity contribution in [2.24, 2.45) is 0 Å². The van der Waals surface area contributed by atoms with E-state index in [1.54, 1.807) is 0 Å². The second kappa shape index (κ2) is 4.41. The predicted octanol–water partition coefficient (Wildman–Crippen LogP) is 4.12. The fraction of sp³-hybridized carbons (Fsp3) is 0. The first-order valence-corrected chi connectivity index (χ1v) is 7.86. The van der Waals surface area contributed by atoms with Gasteiger partial charge in [-0.15, -0.1) is 0 Å². The van der Waals surface area contributed by atoms with E-state index in [0.717, 1.165) is 22.1 Å². The zero-order valence-corrected chi connectivity index (χ0v) is 12.8. The first-order chi connectivity index (χ1) is 12.4. The minimum atomic E-state index is 0.376. The van der Waals surface area contributed by atoms with Crippen LogP contribution in [0.25, 0.3) is 32.8 Å². The lowest BCUT2D eigenvalue weighted by atomic mass is 9.97. The van der Waals surface area contributed by atoms with Gasteiger partial charge in [0.15, 0.2) is 11.6 Å². The Hall–Kier alpha value is -3.74. The van der Waals surface area contributed by atoms with Crippen LogP contribution in [-0.2, 0) is 0 Å². The Bertz CT molecular complexity index is 1210. The van der Waals surface area contributed by atoms with Crippen LogP contribution in [0.3, 0.4) is 0 Å². The molecule has 0 saturated carbocycles. The van der Waals surface area contributed by atoms with E-state index in [1.807, 2.05) is 12.1 Å². The Kier molecular flexibility index (Phi) is 2.23. The smallest absolute Gasteiger partial charge is 0.245 e. The highest BCUT2D eigenvalue weighted by atomic mass is 16.6. The van der Waals surface area contributed by atoms with Crippen molar-refractivity contribution in [3.8, 4) is 0 Å². The van der Waals surface area contributed by atoms with E-state index < -0.39 is 0 Å². The highest BCUT2D eigenvalue weighted by Crippen LogP contribution is 2.46. The summed E-state index contributed by atoms with van der Waals surface area (Å²) in [4.78, 5) is 8.92. The molecular weight excluding hydrogens is 316 g/mol. The van der Waals surface area contributed by atoms with Crippen LogP contribution >= 0.6 is 0 Å². The molecule has 0 fully saturated rings. The molecule has 0 spiro atoms. The monoisotopic (exact) mass is 326 g/mol. The maximum Gasteiger partial charge on any atom is 0.245 e. The standard InChI is InChI=1S/C18H10N6O/c1-3-7-11-9(5-1)10-6-2-4-8-12(10)14-13(11)19-15-16(20-14)22-18-17(21-15)23-25-24-18/h1-8H,(H,19,21,23)(H,20,22,24). The zero-order chi connectivity index (χ0) is 16.4. The first-order valence-electron chi connectivity index (χ1n) is 7.86. The Labute approximate surface area is 140 Å². The number of benzene rings is 3. The van der Waals surface area contributed by atoms with Crippen molar-refractivity contribution in [2.75, 3.05) is 10.6 Å². The highest BCUT2D eigenvalue weighted by Gasteiger charge is 2.23.